The average Bonchev–Trinajstić information content (AvgIpc) is 2.55. The third kappa shape index (κ3) is 18.1. The minimum atomic E-state index is -2.36. The molecule has 0 heterocycles. The molecule has 0 radical (unpaired) electrons. The number of halogens is 2. The predicted octanol–water partition coefficient (Wildman–Crippen LogP) is -3.05. The summed E-state index contributed by atoms with van der Waals surface area (Å²) >= 11 is 2.04. The van der Waals surface area contributed by atoms with Crippen molar-refractivity contribution in [3.8, 4) is 0 Å². The van der Waals surface area contributed by atoms with Crippen molar-refractivity contribution in [2.75, 3.05) is 87.7 Å². The van der Waals surface area contributed by atoms with Gasteiger partial charge in [0.1, 0.15) is 13.1 Å². The Morgan fingerprint density at radius 1 is 0.704 bits per heavy atom. The molecule has 27 heavy (non-hydrogen) atoms. The van der Waals surface area contributed by atoms with E-state index in [2.05, 4.69) is 35.2 Å². The van der Waals surface area contributed by atoms with Gasteiger partial charge in [0.15, 0.2) is 0 Å². The van der Waals surface area contributed by atoms with Gasteiger partial charge in [0.2, 0.25) is 0 Å². The zero-order chi connectivity index (χ0) is 19.4. The highest BCUT2D eigenvalue weighted by molar-refractivity contribution is 7.99. The topological polar surface area (TPSA) is 27.7 Å². The van der Waals surface area contributed by atoms with Crippen molar-refractivity contribution < 1.29 is 63.2 Å². The molecule has 0 saturated carbocycles. The molecule has 0 fully saturated rings. The molecule has 0 rings (SSSR count). The van der Waals surface area contributed by atoms with Gasteiger partial charge in [0.25, 0.3) is 0 Å². The summed E-state index contributed by atoms with van der Waals surface area (Å²) in [5.74, 6) is 2.42. The van der Waals surface area contributed by atoms with Gasteiger partial charge >= 0.3 is 8.80 Å². The SMILES string of the molecule is CO[Si](CCCSCCCCC[N+](C)(C)CC[N+](C)(C)C)(OC)OC.[Br-].[I-]. The molecule has 0 atom stereocenters. The van der Waals surface area contributed by atoms with Gasteiger partial charge in [-0.05, 0) is 37.2 Å². The highest BCUT2D eigenvalue weighted by atomic mass is 127. The number of unbranched alkanes of at least 4 members (excludes halogenated alkanes) is 2. The number of rotatable bonds is 16. The molecular weight excluding hydrogens is 559 g/mol. The molecule has 0 aromatic carbocycles. The lowest BCUT2D eigenvalue weighted by atomic mass is 10.2. The summed E-state index contributed by atoms with van der Waals surface area (Å²) in [5, 5.41) is 0. The average molecular weight is 604 g/mol. The van der Waals surface area contributed by atoms with Crippen LogP contribution in [0.1, 0.15) is 25.7 Å². The van der Waals surface area contributed by atoms with Crippen LogP contribution in [0.5, 0.6) is 0 Å². The fourth-order valence-corrected chi connectivity index (χ4v) is 5.59. The molecule has 0 aromatic rings. The Bertz CT molecular complexity index is 339. The van der Waals surface area contributed by atoms with Gasteiger partial charge in [0, 0.05) is 27.4 Å². The van der Waals surface area contributed by atoms with Crippen LogP contribution in [-0.4, -0.2) is 105 Å². The van der Waals surface area contributed by atoms with Crippen molar-refractivity contribution in [1.82, 2.24) is 0 Å². The standard InChI is InChI=1S/C18H44N2O3SSi.BrH.HI/c1-19(2,3)14-15-20(4,5)13-10-9-11-16-24-17-12-18-25(21-6,22-7)23-8;;/h9-18H2,1-8H3;2*1H/q+2;;/p-2. The Balaban J connectivity index is -0.00000288. The first kappa shape index (κ1) is 33.2. The lowest BCUT2D eigenvalue weighted by molar-refractivity contribution is -0.937. The van der Waals surface area contributed by atoms with Crippen molar-refractivity contribution in [3.05, 3.63) is 0 Å². The van der Waals surface area contributed by atoms with Crippen molar-refractivity contribution in [3.63, 3.8) is 0 Å². The Labute approximate surface area is 202 Å². The number of nitrogens with zero attached hydrogens (tertiary/aromatic N) is 2. The molecular formula is C18H44BrIN2O3SSi. The van der Waals surface area contributed by atoms with Gasteiger partial charge in [-0.2, -0.15) is 11.8 Å². The maximum atomic E-state index is 5.45. The van der Waals surface area contributed by atoms with E-state index < -0.39 is 8.80 Å². The molecule has 0 amide bonds. The first-order valence-electron chi connectivity index (χ1n) is 9.45. The Morgan fingerprint density at radius 2 is 1.22 bits per heavy atom. The van der Waals surface area contributed by atoms with Crippen LogP contribution >= 0.6 is 11.8 Å². The number of hydrogen-bond acceptors (Lipinski definition) is 4. The second-order valence-corrected chi connectivity index (χ2v) is 12.8. The van der Waals surface area contributed by atoms with E-state index in [0.717, 1.165) is 27.2 Å². The van der Waals surface area contributed by atoms with E-state index in [1.54, 1.807) is 21.3 Å². The molecule has 0 bridgehead atoms. The molecule has 0 spiro atoms. The van der Waals surface area contributed by atoms with Crippen LogP contribution in [0.25, 0.3) is 0 Å². The first-order valence-corrected chi connectivity index (χ1v) is 12.5. The Kier molecular flexibility index (Phi) is 21.3. The number of likely N-dealkylation sites (N-methyl/N-ethyl adjacent to an activating group) is 2. The molecule has 9 heteroatoms. The van der Waals surface area contributed by atoms with Crippen LogP contribution < -0.4 is 41.0 Å². The zero-order valence-electron chi connectivity index (χ0n) is 18.9. The molecule has 0 saturated heterocycles. The molecule has 0 aliphatic rings. The highest BCUT2D eigenvalue weighted by Crippen LogP contribution is 2.18. The number of hydrogen-bond donors (Lipinski definition) is 0. The quantitative estimate of drug-likeness (QED) is 0.0812. The summed E-state index contributed by atoms with van der Waals surface area (Å²) in [6.45, 7) is 3.77. The monoisotopic (exact) mass is 602 g/mol. The second kappa shape index (κ2) is 17.3. The van der Waals surface area contributed by atoms with Gasteiger partial charge in [-0.15, -0.1) is 0 Å². The van der Waals surface area contributed by atoms with Crippen molar-refractivity contribution in [2.24, 2.45) is 0 Å². The van der Waals surface area contributed by atoms with Crippen molar-refractivity contribution >= 4 is 20.6 Å². The van der Waals surface area contributed by atoms with Crippen LogP contribution in [0.3, 0.4) is 0 Å². The van der Waals surface area contributed by atoms with Crippen molar-refractivity contribution in [2.45, 2.75) is 31.7 Å². The lowest BCUT2D eigenvalue weighted by Gasteiger charge is -2.33. The lowest BCUT2D eigenvalue weighted by Crippen LogP contribution is -3.00. The maximum absolute atomic E-state index is 5.45. The number of quaternary nitrogens is 2. The van der Waals surface area contributed by atoms with Crippen LogP contribution in [0.15, 0.2) is 0 Å². The smallest absolute Gasteiger partial charge is 0.500 e. The first-order chi connectivity index (χ1) is 11.6. The molecule has 0 aromatic heterocycles. The van der Waals surface area contributed by atoms with Gasteiger partial charge in [-0.3, -0.25) is 0 Å². The number of thioether (sulfide) groups is 1. The van der Waals surface area contributed by atoms with Crippen LogP contribution in [0.2, 0.25) is 6.04 Å². The van der Waals surface area contributed by atoms with Crippen LogP contribution in [0, 0.1) is 0 Å². The molecule has 0 aliphatic heterocycles. The van der Waals surface area contributed by atoms with Crippen LogP contribution in [-0.2, 0) is 13.3 Å². The molecule has 0 N–H and O–H groups in total. The van der Waals surface area contributed by atoms with E-state index in [0.29, 0.717) is 0 Å². The Morgan fingerprint density at radius 3 is 1.70 bits per heavy atom. The van der Waals surface area contributed by atoms with E-state index in [-0.39, 0.29) is 41.0 Å². The van der Waals surface area contributed by atoms with E-state index in [4.69, 9.17) is 13.3 Å². The van der Waals surface area contributed by atoms with Gasteiger partial charge in [-0.25, -0.2) is 0 Å². The predicted molar refractivity (Wildman–Crippen MR) is 112 cm³/mol. The van der Waals surface area contributed by atoms with Crippen LogP contribution in [0.4, 0.5) is 0 Å². The fourth-order valence-electron chi connectivity index (χ4n) is 2.65. The summed E-state index contributed by atoms with van der Waals surface area (Å²) in [6, 6.07) is 0.904. The van der Waals surface area contributed by atoms with Gasteiger partial charge in [-0.1, -0.05) is 0 Å². The highest BCUT2D eigenvalue weighted by Gasteiger charge is 2.36. The third-order valence-electron chi connectivity index (χ3n) is 4.63. The molecule has 0 aliphatic carbocycles. The zero-order valence-corrected chi connectivity index (χ0v) is 24.4. The fraction of sp³-hybridized carbons (Fsp3) is 1.00. The minimum Gasteiger partial charge on any atom is -1.00 e. The second-order valence-electron chi connectivity index (χ2n) is 8.47. The summed E-state index contributed by atoms with van der Waals surface area (Å²) in [4.78, 5) is 0. The van der Waals surface area contributed by atoms with Gasteiger partial charge < -0.3 is 63.2 Å². The minimum absolute atomic E-state index is 0. The van der Waals surface area contributed by atoms with E-state index >= 15 is 0 Å². The normalized spacial score (nSPS) is 12.4. The summed E-state index contributed by atoms with van der Waals surface area (Å²) in [7, 11) is 14.3. The summed E-state index contributed by atoms with van der Waals surface area (Å²) < 4.78 is 18.5. The maximum Gasteiger partial charge on any atom is 0.500 e. The van der Waals surface area contributed by atoms with E-state index in [9.17, 15) is 0 Å². The van der Waals surface area contributed by atoms with E-state index in [1.807, 2.05) is 11.8 Å². The van der Waals surface area contributed by atoms with E-state index in [1.165, 1.54) is 44.6 Å². The molecule has 168 valence electrons. The molecule has 5 nitrogen and oxygen atoms in total. The summed E-state index contributed by atoms with van der Waals surface area (Å²) in [6.07, 6.45) is 5.09. The van der Waals surface area contributed by atoms with Crippen molar-refractivity contribution in [1.29, 1.82) is 0 Å². The summed E-state index contributed by atoms with van der Waals surface area (Å²) in [5.41, 5.74) is 0. The third-order valence-corrected chi connectivity index (χ3v) is 8.62. The molecule has 0 unspecified atom stereocenters. The van der Waals surface area contributed by atoms with Gasteiger partial charge in [0.05, 0.1) is 41.8 Å². The largest absolute Gasteiger partial charge is 1.00 e. The Hall–Kier alpha value is 1.58.